The van der Waals surface area contributed by atoms with Gasteiger partial charge in [-0.2, -0.15) is 0 Å². The van der Waals surface area contributed by atoms with E-state index in [2.05, 4.69) is 262 Å². The van der Waals surface area contributed by atoms with Gasteiger partial charge in [-0.25, -0.2) is 9.97 Å². The Bertz CT molecular complexity index is 4350. The van der Waals surface area contributed by atoms with Crippen LogP contribution in [0.5, 0.6) is 0 Å². The fraction of sp³-hybridized carbons (Fsp3) is 0. The second-order valence-corrected chi connectivity index (χ2v) is 18.5. The van der Waals surface area contributed by atoms with Gasteiger partial charge in [-0.05, 0) is 100 Å². The highest BCUT2D eigenvalue weighted by atomic mass is 15.0. The predicted molar refractivity (Wildman–Crippen MR) is 296 cm³/mol. The van der Waals surface area contributed by atoms with Crippen molar-refractivity contribution in [2.75, 3.05) is 0 Å². The number of hydrogen-bond donors (Lipinski definition) is 0. The zero-order valence-corrected chi connectivity index (χ0v) is 38.4. The molecule has 0 N–H and O–H groups in total. The molecule has 0 saturated carbocycles. The number of fused-ring (bicyclic) bond motifs is 12. The van der Waals surface area contributed by atoms with Crippen molar-refractivity contribution >= 4 is 87.0 Å². The first-order valence-corrected chi connectivity index (χ1v) is 24.2. The average molecular weight is 904 g/mol. The fourth-order valence-corrected chi connectivity index (χ4v) is 11.5. The van der Waals surface area contributed by atoms with Gasteiger partial charge in [0, 0.05) is 66.1 Å². The quantitative estimate of drug-likeness (QED) is 0.156. The summed E-state index contributed by atoms with van der Waals surface area (Å²) in [7, 11) is 0. The molecule has 0 atom stereocenters. The van der Waals surface area contributed by atoms with Crippen molar-refractivity contribution in [2.24, 2.45) is 0 Å². The first kappa shape index (κ1) is 39.4. The molecule has 0 fully saturated rings. The van der Waals surface area contributed by atoms with Crippen molar-refractivity contribution in [2.45, 2.75) is 0 Å². The van der Waals surface area contributed by atoms with Crippen LogP contribution < -0.4 is 0 Å². The van der Waals surface area contributed by atoms with Crippen LogP contribution in [0.4, 0.5) is 0 Å². The maximum Gasteiger partial charge on any atom is 0.160 e. The third-order valence-electron chi connectivity index (χ3n) is 14.6. The molecule has 0 unspecified atom stereocenters. The van der Waals surface area contributed by atoms with Gasteiger partial charge in [-0.1, -0.05) is 170 Å². The van der Waals surface area contributed by atoms with Gasteiger partial charge in [0.25, 0.3) is 0 Å². The first-order chi connectivity index (χ1) is 35.2. The number of benzene rings is 11. The van der Waals surface area contributed by atoms with E-state index >= 15 is 0 Å². The molecule has 4 heterocycles. The lowest BCUT2D eigenvalue weighted by Gasteiger charge is -2.17. The Labute approximate surface area is 408 Å². The van der Waals surface area contributed by atoms with Crippen LogP contribution in [0.1, 0.15) is 0 Å². The molecule has 11 aromatic carbocycles. The Morgan fingerprint density at radius 2 is 0.606 bits per heavy atom. The van der Waals surface area contributed by atoms with E-state index in [4.69, 9.17) is 9.97 Å². The highest BCUT2D eigenvalue weighted by molar-refractivity contribution is 6.14. The van der Waals surface area contributed by atoms with Crippen LogP contribution in [0.3, 0.4) is 0 Å². The van der Waals surface area contributed by atoms with Crippen LogP contribution in [0, 0.1) is 0 Å². The minimum Gasteiger partial charge on any atom is -0.309 e. The molecule has 5 heteroatoms. The average Bonchev–Trinajstić information content (AvgIpc) is 4.09. The van der Waals surface area contributed by atoms with Crippen molar-refractivity contribution in [1.29, 1.82) is 0 Å². The predicted octanol–water partition coefficient (Wildman–Crippen LogP) is 17.1. The summed E-state index contributed by atoms with van der Waals surface area (Å²) in [6.45, 7) is 0. The van der Waals surface area contributed by atoms with Gasteiger partial charge in [0.1, 0.15) is 0 Å². The Balaban J connectivity index is 1.01. The van der Waals surface area contributed by atoms with Gasteiger partial charge in [0.05, 0.1) is 44.5 Å². The first-order valence-electron chi connectivity index (χ1n) is 24.2. The van der Waals surface area contributed by atoms with Crippen LogP contribution in [0.2, 0.25) is 0 Å². The molecule has 5 nitrogen and oxygen atoms in total. The zero-order valence-electron chi connectivity index (χ0n) is 38.4. The molecular formula is C66H41N5. The van der Waals surface area contributed by atoms with E-state index in [0.717, 1.165) is 72.6 Å². The lowest BCUT2D eigenvalue weighted by molar-refractivity contribution is 1.12. The summed E-state index contributed by atoms with van der Waals surface area (Å²) >= 11 is 0. The van der Waals surface area contributed by atoms with Crippen LogP contribution in [-0.2, 0) is 0 Å². The number of para-hydroxylation sites is 6. The zero-order chi connectivity index (χ0) is 46.6. The summed E-state index contributed by atoms with van der Waals surface area (Å²) in [4.78, 5) is 11.2. The lowest BCUT2D eigenvalue weighted by atomic mass is 9.95. The highest BCUT2D eigenvalue weighted by Gasteiger charge is 2.21. The second kappa shape index (κ2) is 15.5. The highest BCUT2D eigenvalue weighted by Crippen LogP contribution is 2.41. The maximum atomic E-state index is 5.64. The molecule has 0 radical (unpaired) electrons. The summed E-state index contributed by atoms with van der Waals surface area (Å²) in [6.07, 6.45) is 0. The molecule has 0 spiro atoms. The normalized spacial score (nSPS) is 11.9. The monoisotopic (exact) mass is 903 g/mol. The minimum absolute atomic E-state index is 0.644. The van der Waals surface area contributed by atoms with E-state index in [-0.39, 0.29) is 0 Å². The van der Waals surface area contributed by atoms with Crippen molar-refractivity contribution in [3.05, 3.63) is 249 Å². The fourth-order valence-electron chi connectivity index (χ4n) is 11.5. The molecule has 15 rings (SSSR count). The molecule has 0 amide bonds. The standard InChI is InChI=1S/C66H41N5/c1-2-18-48-43(17-1)39-57(50-20-4-3-19-49(48)50)59-41-58(42-33-35-45(36-34-42)69-60-27-11-5-21-51(60)52-22-6-12-28-61(52)69)67-66(68-59)44-37-46(70-62-29-13-7-23-53(62)54-24-8-14-30-63(54)70)40-47(38-44)71-64-31-15-9-25-55(64)56-26-10-16-32-65(56)71/h1-41H. The van der Waals surface area contributed by atoms with Gasteiger partial charge in [-0.3, -0.25) is 0 Å². The third-order valence-corrected chi connectivity index (χ3v) is 14.6. The van der Waals surface area contributed by atoms with E-state index in [1.54, 1.807) is 0 Å². The van der Waals surface area contributed by atoms with E-state index < -0.39 is 0 Å². The maximum absolute atomic E-state index is 5.64. The summed E-state index contributed by atoms with van der Waals surface area (Å²) < 4.78 is 7.17. The summed E-state index contributed by atoms with van der Waals surface area (Å²) in [5.74, 6) is 0.644. The van der Waals surface area contributed by atoms with Crippen molar-refractivity contribution < 1.29 is 0 Å². The van der Waals surface area contributed by atoms with Gasteiger partial charge in [-0.15, -0.1) is 0 Å². The summed E-state index contributed by atoms with van der Waals surface area (Å²) in [5, 5.41) is 12.0. The largest absolute Gasteiger partial charge is 0.309 e. The Hall–Kier alpha value is -9.58. The van der Waals surface area contributed by atoms with Crippen molar-refractivity contribution in [1.82, 2.24) is 23.7 Å². The SMILES string of the molecule is c1ccc2c(c1)cc(-c1cc(-c3ccc(-n4c5ccccc5c5ccccc54)cc3)nc(-c3cc(-n4c5ccccc5c5ccccc54)cc(-n4c5ccccc5c5ccccc54)c3)n1)c1ccccc12. The van der Waals surface area contributed by atoms with Crippen molar-refractivity contribution in [3.63, 3.8) is 0 Å². The van der Waals surface area contributed by atoms with Gasteiger partial charge >= 0.3 is 0 Å². The van der Waals surface area contributed by atoms with E-state index in [9.17, 15) is 0 Å². The van der Waals surface area contributed by atoms with E-state index in [1.165, 1.54) is 59.5 Å². The van der Waals surface area contributed by atoms with E-state index in [0.29, 0.717) is 5.82 Å². The van der Waals surface area contributed by atoms with Crippen molar-refractivity contribution in [3.8, 4) is 51.0 Å². The smallest absolute Gasteiger partial charge is 0.160 e. The van der Waals surface area contributed by atoms with Gasteiger partial charge < -0.3 is 13.7 Å². The molecule has 330 valence electrons. The van der Waals surface area contributed by atoms with Crippen LogP contribution >= 0.6 is 0 Å². The Morgan fingerprint density at radius 3 is 1.07 bits per heavy atom. The summed E-state index contributed by atoms with van der Waals surface area (Å²) in [5.41, 5.74) is 14.7. The summed E-state index contributed by atoms with van der Waals surface area (Å²) in [6, 6.07) is 89.8. The third kappa shape index (κ3) is 6.06. The molecule has 0 aliphatic heterocycles. The molecule has 15 aromatic rings. The van der Waals surface area contributed by atoms with E-state index in [1.807, 2.05) is 0 Å². The number of aromatic nitrogens is 5. The molecule has 0 saturated heterocycles. The number of nitrogens with zero attached hydrogens (tertiary/aromatic N) is 5. The molecule has 0 aliphatic carbocycles. The van der Waals surface area contributed by atoms with Gasteiger partial charge in [0.2, 0.25) is 0 Å². The molecular weight excluding hydrogens is 863 g/mol. The number of hydrogen-bond acceptors (Lipinski definition) is 2. The molecule has 0 aliphatic rings. The van der Waals surface area contributed by atoms with Crippen LogP contribution in [0.15, 0.2) is 249 Å². The topological polar surface area (TPSA) is 40.6 Å². The molecule has 71 heavy (non-hydrogen) atoms. The van der Waals surface area contributed by atoms with Crippen LogP contribution in [0.25, 0.3) is 138 Å². The molecule has 4 aromatic heterocycles. The Kier molecular flexibility index (Phi) is 8.59. The second-order valence-electron chi connectivity index (χ2n) is 18.5. The number of rotatable bonds is 6. The van der Waals surface area contributed by atoms with Crippen LogP contribution in [-0.4, -0.2) is 23.7 Å². The Morgan fingerprint density at radius 1 is 0.239 bits per heavy atom. The van der Waals surface area contributed by atoms with Gasteiger partial charge in [0.15, 0.2) is 5.82 Å². The minimum atomic E-state index is 0.644. The lowest BCUT2D eigenvalue weighted by Crippen LogP contribution is -2.02. The molecule has 0 bridgehead atoms.